The van der Waals surface area contributed by atoms with Crippen LogP contribution in [0.1, 0.15) is 5.82 Å². The highest BCUT2D eigenvalue weighted by molar-refractivity contribution is 6.35. The molecule has 9 heteroatoms. The molecule has 0 unspecified atom stereocenters. The number of esters is 1. The van der Waals surface area contributed by atoms with Gasteiger partial charge in [0.15, 0.2) is 0 Å². The van der Waals surface area contributed by atoms with Crippen LogP contribution in [0, 0.1) is 0 Å². The van der Waals surface area contributed by atoms with E-state index < -0.39 is 24.5 Å². The first-order valence-corrected chi connectivity index (χ1v) is 7.69. The van der Waals surface area contributed by atoms with Crippen molar-refractivity contribution in [2.75, 3.05) is 0 Å². The van der Waals surface area contributed by atoms with Gasteiger partial charge in [-0.25, -0.2) is 9.78 Å². The number of fused-ring (bicyclic) bond motifs is 1. The van der Waals surface area contributed by atoms with E-state index in [1.807, 2.05) is 0 Å². The van der Waals surface area contributed by atoms with Gasteiger partial charge in [0, 0.05) is 5.02 Å². The number of ether oxygens (including phenoxy) is 1. The molecule has 1 aromatic heterocycles. The van der Waals surface area contributed by atoms with Crippen LogP contribution in [0.25, 0.3) is 11.0 Å². The first-order valence-electron chi connectivity index (χ1n) is 6.94. The van der Waals surface area contributed by atoms with Gasteiger partial charge in [0.05, 0.1) is 16.1 Å². The van der Waals surface area contributed by atoms with Crippen LogP contribution in [0.3, 0.4) is 0 Å². The minimum absolute atomic E-state index is 0.00838. The summed E-state index contributed by atoms with van der Waals surface area (Å²) in [6, 6.07) is 10.2. The summed E-state index contributed by atoms with van der Waals surface area (Å²) in [5.41, 5.74) is 0.307. The molecule has 0 bridgehead atoms. The van der Waals surface area contributed by atoms with Crippen molar-refractivity contribution in [1.82, 2.24) is 9.55 Å². The molecule has 0 N–H and O–H groups in total. The third kappa shape index (κ3) is 3.72. The Morgan fingerprint density at radius 1 is 1.16 bits per heavy atom. The Labute approximate surface area is 149 Å². The Morgan fingerprint density at radius 3 is 2.56 bits per heavy atom. The maximum atomic E-state index is 13.2. The van der Waals surface area contributed by atoms with Crippen LogP contribution >= 0.6 is 23.2 Å². The Bertz CT molecular complexity index is 954. The molecule has 0 fully saturated rings. The van der Waals surface area contributed by atoms with E-state index >= 15 is 0 Å². The predicted octanol–water partition coefficient (Wildman–Crippen LogP) is 4.97. The lowest BCUT2D eigenvalue weighted by atomic mass is 10.3. The van der Waals surface area contributed by atoms with Crippen LogP contribution in [-0.2, 0) is 17.5 Å². The number of rotatable bonds is 3. The number of hydrogen-bond acceptors (Lipinski definition) is 3. The average molecular weight is 389 g/mol. The van der Waals surface area contributed by atoms with Crippen LogP contribution in [0.4, 0.5) is 13.2 Å². The van der Waals surface area contributed by atoms with Gasteiger partial charge in [-0.3, -0.25) is 0 Å². The van der Waals surface area contributed by atoms with E-state index in [1.165, 1.54) is 30.3 Å². The molecular weight excluding hydrogens is 380 g/mol. The zero-order chi connectivity index (χ0) is 18.2. The largest absolute Gasteiger partial charge is 0.449 e. The normalized spacial score (nSPS) is 11.7. The highest BCUT2D eigenvalue weighted by Gasteiger charge is 2.38. The van der Waals surface area contributed by atoms with Gasteiger partial charge < -0.3 is 9.30 Å². The molecule has 1 heterocycles. The maximum Gasteiger partial charge on any atom is 0.449 e. The molecule has 0 amide bonds. The Hall–Kier alpha value is -2.25. The Morgan fingerprint density at radius 2 is 1.88 bits per heavy atom. The zero-order valence-electron chi connectivity index (χ0n) is 12.3. The predicted molar refractivity (Wildman–Crippen MR) is 86.8 cm³/mol. The van der Waals surface area contributed by atoms with Gasteiger partial charge >= 0.3 is 12.1 Å². The van der Waals surface area contributed by atoms with Crippen molar-refractivity contribution < 1.29 is 22.7 Å². The molecule has 25 heavy (non-hydrogen) atoms. The fraction of sp³-hybridized carbons (Fsp3) is 0.125. The van der Waals surface area contributed by atoms with Crippen molar-refractivity contribution in [3.8, 4) is 5.75 Å². The van der Waals surface area contributed by atoms with E-state index in [1.54, 1.807) is 12.1 Å². The van der Waals surface area contributed by atoms with Gasteiger partial charge in [-0.05, 0) is 30.3 Å². The molecule has 4 nitrogen and oxygen atoms in total. The van der Waals surface area contributed by atoms with Gasteiger partial charge in [-0.15, -0.1) is 0 Å². The number of nitrogens with zero attached hydrogens (tertiary/aromatic N) is 2. The summed E-state index contributed by atoms with van der Waals surface area (Å²) in [5.74, 6) is -2.08. The zero-order valence-corrected chi connectivity index (χ0v) is 13.9. The van der Waals surface area contributed by atoms with Crippen LogP contribution in [0.15, 0.2) is 42.5 Å². The number of hydrogen-bond donors (Lipinski definition) is 0. The number of halogens is 5. The summed E-state index contributed by atoms with van der Waals surface area (Å²) < 4.78 is 45.4. The molecule has 130 valence electrons. The fourth-order valence-corrected chi connectivity index (χ4v) is 2.74. The van der Waals surface area contributed by atoms with Crippen molar-refractivity contribution in [3.05, 3.63) is 58.3 Å². The summed E-state index contributed by atoms with van der Waals surface area (Å²) >= 11 is 11.6. The molecule has 0 saturated heterocycles. The first-order chi connectivity index (χ1) is 11.8. The molecule has 0 saturated carbocycles. The van der Waals surface area contributed by atoms with E-state index in [-0.39, 0.29) is 21.8 Å². The number of imidazole rings is 1. The standard InChI is InChI=1S/C16H9Cl2F3N2O2/c17-9-5-6-13(10(18)7-9)25-14(24)8-23-12-4-2-1-3-11(12)22-15(23)16(19,20)21/h1-7H,8H2. The van der Waals surface area contributed by atoms with Gasteiger partial charge in [0.25, 0.3) is 0 Å². The summed E-state index contributed by atoms with van der Waals surface area (Å²) in [6.45, 7) is -0.672. The van der Waals surface area contributed by atoms with Crippen LogP contribution in [0.2, 0.25) is 10.0 Å². The van der Waals surface area contributed by atoms with E-state index in [2.05, 4.69) is 4.98 Å². The lowest BCUT2D eigenvalue weighted by Crippen LogP contribution is -2.22. The molecule has 3 aromatic rings. The van der Waals surface area contributed by atoms with Crippen LogP contribution < -0.4 is 4.74 Å². The molecule has 0 aliphatic carbocycles. The van der Waals surface area contributed by atoms with E-state index in [9.17, 15) is 18.0 Å². The minimum Gasteiger partial charge on any atom is -0.424 e. The second-order valence-corrected chi connectivity index (χ2v) is 5.90. The molecule has 0 spiro atoms. The number of alkyl halides is 3. The van der Waals surface area contributed by atoms with Gasteiger partial charge in [-0.1, -0.05) is 35.3 Å². The number of carbonyl (C=O) groups excluding carboxylic acids is 1. The smallest absolute Gasteiger partial charge is 0.424 e. The molecule has 0 aliphatic rings. The number of carbonyl (C=O) groups is 1. The second kappa shape index (κ2) is 6.57. The summed E-state index contributed by atoms with van der Waals surface area (Å²) in [4.78, 5) is 15.7. The lowest BCUT2D eigenvalue weighted by Gasteiger charge is -2.11. The van der Waals surface area contributed by atoms with Crippen molar-refractivity contribution in [2.24, 2.45) is 0 Å². The van der Waals surface area contributed by atoms with Gasteiger partial charge in [0.1, 0.15) is 12.3 Å². The Balaban J connectivity index is 1.93. The van der Waals surface area contributed by atoms with Crippen molar-refractivity contribution >= 4 is 40.2 Å². The highest BCUT2D eigenvalue weighted by Crippen LogP contribution is 2.32. The SMILES string of the molecule is O=C(Cn1c(C(F)(F)F)nc2ccccc21)Oc1ccc(Cl)cc1Cl. The number of aromatic nitrogens is 2. The van der Waals surface area contributed by atoms with Crippen molar-refractivity contribution in [2.45, 2.75) is 12.7 Å². The minimum atomic E-state index is -4.71. The molecule has 3 rings (SSSR count). The van der Waals surface area contributed by atoms with E-state index in [4.69, 9.17) is 27.9 Å². The van der Waals surface area contributed by atoms with E-state index in [0.717, 1.165) is 4.57 Å². The van der Waals surface area contributed by atoms with E-state index in [0.29, 0.717) is 5.02 Å². The van der Waals surface area contributed by atoms with Gasteiger partial charge in [0.2, 0.25) is 5.82 Å². The summed E-state index contributed by atoms with van der Waals surface area (Å²) in [6.07, 6.45) is -4.71. The first kappa shape index (κ1) is 17.6. The third-order valence-electron chi connectivity index (χ3n) is 3.31. The second-order valence-electron chi connectivity index (χ2n) is 5.06. The highest BCUT2D eigenvalue weighted by atomic mass is 35.5. The molecule has 0 atom stereocenters. The van der Waals surface area contributed by atoms with Crippen molar-refractivity contribution in [1.29, 1.82) is 0 Å². The monoisotopic (exact) mass is 388 g/mol. The van der Waals surface area contributed by atoms with Crippen LogP contribution in [0.5, 0.6) is 5.75 Å². The third-order valence-corrected chi connectivity index (χ3v) is 3.84. The summed E-state index contributed by atoms with van der Waals surface area (Å²) in [5, 5.41) is 0.414. The fourth-order valence-electron chi connectivity index (χ4n) is 2.29. The number of benzene rings is 2. The maximum absolute atomic E-state index is 13.2. The lowest BCUT2D eigenvalue weighted by molar-refractivity contribution is -0.148. The van der Waals surface area contributed by atoms with Gasteiger partial charge in [-0.2, -0.15) is 13.2 Å². The van der Waals surface area contributed by atoms with Crippen LogP contribution in [-0.4, -0.2) is 15.5 Å². The number of para-hydroxylation sites is 2. The quantitative estimate of drug-likeness (QED) is 0.470. The average Bonchev–Trinajstić information content (AvgIpc) is 2.89. The molecule has 0 radical (unpaired) electrons. The van der Waals surface area contributed by atoms with Crippen molar-refractivity contribution in [3.63, 3.8) is 0 Å². The Kier molecular flexibility index (Phi) is 4.62. The topological polar surface area (TPSA) is 44.1 Å². The summed E-state index contributed by atoms with van der Waals surface area (Å²) in [7, 11) is 0. The molecular formula is C16H9Cl2F3N2O2. The molecule has 0 aliphatic heterocycles. The molecule has 2 aromatic carbocycles.